The van der Waals surface area contributed by atoms with Crippen molar-refractivity contribution in [2.45, 2.75) is 27.7 Å². The van der Waals surface area contributed by atoms with Gasteiger partial charge >= 0.3 is 0 Å². The number of fused-ring (bicyclic) bond motifs is 1. The molecule has 1 aromatic heterocycles. The lowest BCUT2D eigenvalue weighted by atomic mass is 9.81. The van der Waals surface area contributed by atoms with Crippen LogP contribution in [-0.2, 0) is 4.79 Å². The molecule has 0 amide bonds. The molecular formula is C21H23N3O2. The second-order valence-corrected chi connectivity index (χ2v) is 7.25. The predicted molar refractivity (Wildman–Crippen MR) is 103 cm³/mol. The molecule has 0 aliphatic rings. The minimum atomic E-state index is -0.353. The molecule has 0 aliphatic heterocycles. The largest absolute Gasteiger partial charge is 0.497 e. The van der Waals surface area contributed by atoms with Crippen molar-refractivity contribution in [1.82, 2.24) is 15.0 Å². The molecule has 0 bridgehead atoms. The van der Waals surface area contributed by atoms with Gasteiger partial charge in [0.05, 0.1) is 18.3 Å². The number of aromatic nitrogens is 3. The number of nitrogens with zero attached hydrogens (tertiary/aromatic N) is 3. The number of para-hydroxylation sites is 1. The summed E-state index contributed by atoms with van der Waals surface area (Å²) in [5, 5.41) is 8.62. The van der Waals surface area contributed by atoms with Gasteiger partial charge in [-0.3, -0.25) is 4.79 Å². The number of hydrogen-bond acceptors (Lipinski definition) is 4. The molecule has 3 rings (SSSR count). The summed E-state index contributed by atoms with van der Waals surface area (Å²) in [6.45, 7) is 7.70. The van der Waals surface area contributed by atoms with E-state index in [0.29, 0.717) is 5.57 Å². The van der Waals surface area contributed by atoms with Crippen LogP contribution in [0.5, 0.6) is 5.75 Å². The average molecular weight is 349 g/mol. The Kier molecular flexibility index (Phi) is 4.64. The van der Waals surface area contributed by atoms with Gasteiger partial charge in [0.1, 0.15) is 11.3 Å². The number of hydrogen-bond donors (Lipinski definition) is 0. The first-order valence-corrected chi connectivity index (χ1v) is 8.54. The second-order valence-electron chi connectivity index (χ2n) is 7.25. The maximum Gasteiger partial charge on any atom is 0.158 e. The fourth-order valence-corrected chi connectivity index (χ4v) is 3.21. The first-order valence-electron chi connectivity index (χ1n) is 8.54. The van der Waals surface area contributed by atoms with Gasteiger partial charge in [-0.2, -0.15) is 0 Å². The van der Waals surface area contributed by atoms with Crippen molar-refractivity contribution in [3.63, 3.8) is 0 Å². The summed E-state index contributed by atoms with van der Waals surface area (Å²) in [5.41, 5.74) is 3.65. The molecule has 5 nitrogen and oxygen atoms in total. The Morgan fingerprint density at radius 3 is 2.27 bits per heavy atom. The normalized spacial score (nSPS) is 12.8. The van der Waals surface area contributed by atoms with Crippen LogP contribution in [0.3, 0.4) is 0 Å². The second kappa shape index (κ2) is 6.75. The van der Waals surface area contributed by atoms with Gasteiger partial charge in [-0.05, 0) is 48.7 Å². The Hall–Kier alpha value is -2.95. The molecule has 0 N–H and O–H groups in total. The molecular weight excluding hydrogens is 326 g/mol. The molecule has 1 heterocycles. The van der Waals surface area contributed by atoms with Crippen LogP contribution in [0.1, 0.15) is 33.3 Å². The van der Waals surface area contributed by atoms with Crippen molar-refractivity contribution in [2.75, 3.05) is 7.11 Å². The fourth-order valence-electron chi connectivity index (χ4n) is 3.21. The molecule has 26 heavy (non-hydrogen) atoms. The zero-order valence-corrected chi connectivity index (χ0v) is 15.8. The van der Waals surface area contributed by atoms with Crippen molar-refractivity contribution in [3.05, 3.63) is 59.7 Å². The number of carbonyl (C=O) groups is 1. The van der Waals surface area contributed by atoms with E-state index in [0.717, 1.165) is 28.0 Å². The monoisotopic (exact) mass is 349 g/mol. The van der Waals surface area contributed by atoms with E-state index in [1.54, 1.807) is 18.7 Å². The molecule has 134 valence electrons. The summed E-state index contributed by atoms with van der Waals surface area (Å²) in [7, 11) is 1.63. The SMILES string of the molecule is COc1ccc(/C(=C(\C(C)=O)C(C)(C)C)n2nnc3ccccc32)cc1. The van der Waals surface area contributed by atoms with Crippen LogP contribution in [0.4, 0.5) is 0 Å². The van der Waals surface area contributed by atoms with Crippen molar-refractivity contribution in [1.29, 1.82) is 0 Å². The van der Waals surface area contributed by atoms with Crippen molar-refractivity contribution in [3.8, 4) is 5.75 Å². The summed E-state index contributed by atoms with van der Waals surface area (Å²) in [6.07, 6.45) is 0. The third kappa shape index (κ3) is 3.25. The van der Waals surface area contributed by atoms with E-state index in [1.165, 1.54) is 0 Å². The third-order valence-electron chi connectivity index (χ3n) is 4.27. The zero-order chi connectivity index (χ0) is 18.9. The summed E-state index contributed by atoms with van der Waals surface area (Å²) in [5.74, 6) is 0.777. The predicted octanol–water partition coefficient (Wildman–Crippen LogP) is 4.33. The number of benzene rings is 2. The zero-order valence-electron chi connectivity index (χ0n) is 15.8. The van der Waals surface area contributed by atoms with Crippen molar-refractivity contribution < 1.29 is 9.53 Å². The topological polar surface area (TPSA) is 57.0 Å². The highest BCUT2D eigenvalue weighted by atomic mass is 16.5. The highest BCUT2D eigenvalue weighted by Crippen LogP contribution is 2.35. The van der Waals surface area contributed by atoms with Crippen molar-refractivity contribution in [2.24, 2.45) is 5.41 Å². The van der Waals surface area contributed by atoms with Gasteiger partial charge < -0.3 is 4.74 Å². The maximum absolute atomic E-state index is 12.6. The summed E-state index contributed by atoms with van der Waals surface area (Å²) in [6, 6.07) is 15.4. The Morgan fingerprint density at radius 1 is 1.04 bits per heavy atom. The Bertz CT molecular complexity index is 976. The summed E-state index contributed by atoms with van der Waals surface area (Å²) in [4.78, 5) is 12.6. The Balaban J connectivity index is 2.37. The molecule has 0 atom stereocenters. The quantitative estimate of drug-likeness (QED) is 0.658. The molecule has 0 radical (unpaired) electrons. The molecule has 5 heteroatoms. The molecule has 0 aliphatic carbocycles. The number of carbonyl (C=O) groups excluding carboxylic acids is 1. The molecule has 2 aromatic carbocycles. The number of methoxy groups -OCH3 is 1. The number of allylic oxidation sites excluding steroid dienone is 1. The standard InChI is InChI=1S/C21H23N3O2/c1-14(25)19(21(2,3)4)20(15-10-12-16(26-5)13-11-15)24-18-9-7-6-8-17(18)22-23-24/h6-13H,1-5H3/b20-19-. The smallest absolute Gasteiger partial charge is 0.158 e. The summed E-state index contributed by atoms with van der Waals surface area (Å²) < 4.78 is 7.03. The van der Waals surface area contributed by atoms with Crippen LogP contribution in [0.2, 0.25) is 0 Å². The van der Waals surface area contributed by atoms with Gasteiger partial charge in [0, 0.05) is 11.1 Å². The number of ketones is 1. The van der Waals surface area contributed by atoms with Gasteiger partial charge in [-0.1, -0.05) is 38.1 Å². The lowest BCUT2D eigenvalue weighted by Gasteiger charge is -2.25. The van der Waals surface area contributed by atoms with Gasteiger partial charge in [-0.25, -0.2) is 4.68 Å². The van der Waals surface area contributed by atoms with Gasteiger partial charge in [-0.15, -0.1) is 5.10 Å². The van der Waals surface area contributed by atoms with Crippen LogP contribution >= 0.6 is 0 Å². The molecule has 0 saturated carbocycles. The van der Waals surface area contributed by atoms with E-state index in [-0.39, 0.29) is 11.2 Å². The van der Waals surface area contributed by atoms with E-state index >= 15 is 0 Å². The highest BCUT2D eigenvalue weighted by Gasteiger charge is 2.28. The molecule has 0 saturated heterocycles. The third-order valence-corrected chi connectivity index (χ3v) is 4.27. The van der Waals surface area contributed by atoms with Crippen LogP contribution in [-0.4, -0.2) is 27.9 Å². The Labute approximate surface area is 153 Å². The fraction of sp³-hybridized carbons (Fsp3) is 0.286. The number of ether oxygens (including phenoxy) is 1. The first kappa shape index (κ1) is 17.9. The van der Waals surface area contributed by atoms with E-state index in [2.05, 4.69) is 10.3 Å². The van der Waals surface area contributed by atoms with Gasteiger partial charge in [0.25, 0.3) is 0 Å². The van der Waals surface area contributed by atoms with Gasteiger partial charge in [0.2, 0.25) is 0 Å². The van der Waals surface area contributed by atoms with Crippen LogP contribution in [0, 0.1) is 5.41 Å². The average Bonchev–Trinajstić information content (AvgIpc) is 3.02. The molecule has 0 fully saturated rings. The molecule has 3 aromatic rings. The highest BCUT2D eigenvalue weighted by molar-refractivity contribution is 6.03. The van der Waals surface area contributed by atoms with Gasteiger partial charge in [0.15, 0.2) is 5.78 Å². The molecule has 0 spiro atoms. The minimum Gasteiger partial charge on any atom is -0.497 e. The summed E-state index contributed by atoms with van der Waals surface area (Å²) >= 11 is 0. The van der Waals surface area contributed by atoms with Crippen molar-refractivity contribution >= 4 is 22.5 Å². The van der Waals surface area contributed by atoms with Crippen LogP contribution in [0.25, 0.3) is 16.7 Å². The lowest BCUT2D eigenvalue weighted by Crippen LogP contribution is -2.21. The Morgan fingerprint density at radius 2 is 1.69 bits per heavy atom. The first-order chi connectivity index (χ1) is 12.3. The number of rotatable bonds is 4. The van der Waals surface area contributed by atoms with E-state index in [4.69, 9.17) is 4.74 Å². The van der Waals surface area contributed by atoms with E-state index < -0.39 is 0 Å². The number of Topliss-reactive ketones (excluding diaryl/α,β-unsaturated/α-hetero) is 1. The molecule has 0 unspecified atom stereocenters. The van der Waals surface area contributed by atoms with E-state index in [9.17, 15) is 4.79 Å². The van der Waals surface area contributed by atoms with Crippen LogP contribution in [0.15, 0.2) is 54.1 Å². The lowest BCUT2D eigenvalue weighted by molar-refractivity contribution is -0.114. The minimum absolute atomic E-state index is 0.0166. The maximum atomic E-state index is 12.6. The van der Waals surface area contributed by atoms with Crippen LogP contribution < -0.4 is 4.74 Å². The van der Waals surface area contributed by atoms with E-state index in [1.807, 2.05) is 69.3 Å².